The fraction of sp³-hybridized carbons (Fsp3) is 0.942. The highest BCUT2D eigenvalue weighted by Crippen LogP contribution is 2.45. The van der Waals surface area contributed by atoms with Crippen molar-refractivity contribution >= 4 is 39.5 Å². The Morgan fingerprint density at radius 2 is 0.545 bits per heavy atom. The first-order valence-corrected chi connectivity index (χ1v) is 38.7. The lowest BCUT2D eigenvalue weighted by atomic mass is 9.99. The van der Waals surface area contributed by atoms with Crippen molar-refractivity contribution in [1.82, 2.24) is 0 Å². The Hall–Kier alpha value is -1.94. The van der Waals surface area contributed by atoms with Crippen molar-refractivity contribution in [3.63, 3.8) is 0 Å². The Bertz CT molecular complexity index is 1750. The molecule has 0 rings (SSSR count). The molecule has 0 aliphatic rings. The van der Waals surface area contributed by atoms with Crippen LogP contribution in [0.1, 0.15) is 338 Å². The molecule has 88 heavy (non-hydrogen) atoms. The number of hydrogen-bond acceptors (Lipinski definition) is 15. The van der Waals surface area contributed by atoms with Crippen LogP contribution in [0.3, 0.4) is 0 Å². The molecular weight excluding hydrogens is 1160 g/mol. The summed E-state index contributed by atoms with van der Waals surface area (Å²) in [6.45, 7) is 14.0. The summed E-state index contributed by atoms with van der Waals surface area (Å²) in [6.07, 6.45) is 40.4. The fourth-order valence-electron chi connectivity index (χ4n) is 10.3. The van der Waals surface area contributed by atoms with E-state index >= 15 is 0 Å². The van der Waals surface area contributed by atoms with Gasteiger partial charge in [0.05, 0.1) is 26.4 Å². The van der Waals surface area contributed by atoms with E-state index in [4.69, 9.17) is 37.0 Å². The Labute approximate surface area is 537 Å². The van der Waals surface area contributed by atoms with Crippen molar-refractivity contribution in [2.24, 2.45) is 23.7 Å². The van der Waals surface area contributed by atoms with Gasteiger partial charge in [0.1, 0.15) is 19.3 Å². The van der Waals surface area contributed by atoms with E-state index in [-0.39, 0.29) is 25.7 Å². The summed E-state index contributed by atoms with van der Waals surface area (Å²) >= 11 is 0. The maximum absolute atomic E-state index is 13.0. The number of aliphatic hydroxyl groups excluding tert-OH is 1. The van der Waals surface area contributed by atoms with Gasteiger partial charge in [0, 0.05) is 25.7 Å². The lowest BCUT2D eigenvalue weighted by Crippen LogP contribution is -2.30. The van der Waals surface area contributed by atoms with Gasteiger partial charge in [0.15, 0.2) is 12.2 Å². The second-order valence-electron chi connectivity index (χ2n) is 26.6. The van der Waals surface area contributed by atoms with E-state index in [1.54, 1.807) is 0 Å². The first-order chi connectivity index (χ1) is 42.1. The van der Waals surface area contributed by atoms with Crippen LogP contribution in [0.15, 0.2) is 0 Å². The van der Waals surface area contributed by atoms with Crippen molar-refractivity contribution in [2.75, 3.05) is 39.6 Å². The van der Waals surface area contributed by atoms with E-state index in [0.29, 0.717) is 31.6 Å². The van der Waals surface area contributed by atoms with E-state index in [2.05, 4.69) is 55.4 Å². The van der Waals surface area contributed by atoms with Crippen molar-refractivity contribution in [1.29, 1.82) is 0 Å². The van der Waals surface area contributed by atoms with E-state index in [0.717, 1.165) is 114 Å². The molecule has 0 aromatic rings. The smallest absolute Gasteiger partial charge is 0.462 e. The number of hydrogen-bond donors (Lipinski definition) is 3. The molecule has 17 nitrogen and oxygen atoms in total. The quantitative estimate of drug-likeness (QED) is 0.0222. The zero-order valence-corrected chi connectivity index (χ0v) is 59.1. The Balaban J connectivity index is 5.25. The molecule has 0 aromatic carbocycles. The molecule has 0 heterocycles. The molecule has 0 aromatic heterocycles. The van der Waals surface area contributed by atoms with E-state index < -0.39 is 97.5 Å². The standard InChI is InChI=1S/C69H134O17P2/c1-9-62(8)48-40-32-23-19-20-24-33-41-49-66(71)79-55-64(85-69(74)52-44-36-26-18-14-16-22-30-38-46-60(4)5)57-83-87(75,76)81-53-63(70)54-82-88(77,78)84-58-65(56-80-67(72)50-42-34-28-27-31-39-47-61(6)7)86-68(73)51-43-35-25-17-13-11-10-12-15-21-29-37-45-59(2)3/h59-65,70H,9-58H2,1-8H3,(H,75,76)(H,77,78)/t62?,63-,64-,65-/m1/s1. The zero-order valence-electron chi connectivity index (χ0n) is 57.3. The molecule has 6 atom stereocenters. The third-order valence-corrected chi connectivity index (χ3v) is 18.1. The SMILES string of the molecule is CCC(C)CCCCCCCCCCC(=O)OC[C@H](COP(=O)(O)OC[C@@H](O)COP(=O)(O)OC[C@@H](COC(=O)CCCCCCCCC(C)C)OC(=O)CCCCCCCCCCCCCCC(C)C)OC(=O)CCCCCCCCCCCC(C)C. The lowest BCUT2D eigenvalue weighted by molar-refractivity contribution is -0.161. The van der Waals surface area contributed by atoms with E-state index in [1.165, 1.54) is 135 Å². The van der Waals surface area contributed by atoms with Crippen LogP contribution in [0.4, 0.5) is 0 Å². The van der Waals surface area contributed by atoms with Gasteiger partial charge >= 0.3 is 39.5 Å². The maximum Gasteiger partial charge on any atom is 0.472 e. The van der Waals surface area contributed by atoms with Crippen LogP contribution in [0, 0.1) is 23.7 Å². The number of unbranched alkanes of at least 4 members (excludes halogenated alkanes) is 31. The highest BCUT2D eigenvalue weighted by Gasteiger charge is 2.30. The molecule has 3 unspecified atom stereocenters. The molecule has 3 N–H and O–H groups in total. The molecule has 0 bridgehead atoms. The Kier molecular flexibility index (Phi) is 57.6. The highest BCUT2D eigenvalue weighted by molar-refractivity contribution is 7.47. The van der Waals surface area contributed by atoms with Crippen molar-refractivity contribution in [2.45, 2.75) is 356 Å². The number of ether oxygens (including phenoxy) is 4. The van der Waals surface area contributed by atoms with Crippen LogP contribution in [-0.4, -0.2) is 96.7 Å². The predicted octanol–water partition coefficient (Wildman–Crippen LogP) is 19.3. The monoisotopic (exact) mass is 1300 g/mol. The van der Waals surface area contributed by atoms with Gasteiger partial charge in [0.25, 0.3) is 0 Å². The van der Waals surface area contributed by atoms with Crippen LogP contribution >= 0.6 is 15.6 Å². The van der Waals surface area contributed by atoms with E-state index in [9.17, 15) is 43.2 Å². The first-order valence-electron chi connectivity index (χ1n) is 35.7. The summed E-state index contributed by atoms with van der Waals surface area (Å²) in [6, 6.07) is 0. The van der Waals surface area contributed by atoms with Crippen LogP contribution in [0.2, 0.25) is 0 Å². The summed E-state index contributed by atoms with van der Waals surface area (Å²) in [5.41, 5.74) is 0. The number of rotatable bonds is 66. The summed E-state index contributed by atoms with van der Waals surface area (Å²) in [5, 5.41) is 10.6. The summed E-state index contributed by atoms with van der Waals surface area (Å²) in [4.78, 5) is 72.5. The van der Waals surface area contributed by atoms with Gasteiger partial charge in [-0.25, -0.2) is 9.13 Å². The molecule has 0 amide bonds. The van der Waals surface area contributed by atoms with Crippen LogP contribution in [-0.2, 0) is 65.4 Å². The second-order valence-corrected chi connectivity index (χ2v) is 29.5. The topological polar surface area (TPSA) is 237 Å². The van der Waals surface area contributed by atoms with Gasteiger partial charge in [-0.2, -0.15) is 0 Å². The number of carbonyl (C=O) groups is 4. The number of esters is 4. The predicted molar refractivity (Wildman–Crippen MR) is 354 cm³/mol. The minimum absolute atomic E-state index is 0.104. The lowest BCUT2D eigenvalue weighted by Gasteiger charge is -2.21. The van der Waals surface area contributed by atoms with Gasteiger partial charge in [-0.05, 0) is 49.4 Å². The number of aliphatic hydroxyl groups is 1. The normalized spacial score (nSPS) is 14.6. The molecule has 0 fully saturated rings. The summed E-state index contributed by atoms with van der Waals surface area (Å²) < 4.78 is 68.2. The highest BCUT2D eigenvalue weighted by atomic mass is 31.2. The molecule has 0 radical (unpaired) electrons. The Morgan fingerprint density at radius 3 is 0.807 bits per heavy atom. The van der Waals surface area contributed by atoms with Crippen LogP contribution < -0.4 is 0 Å². The van der Waals surface area contributed by atoms with Gasteiger partial charge < -0.3 is 33.8 Å². The maximum atomic E-state index is 13.0. The average Bonchev–Trinajstić information content (AvgIpc) is 3.47. The molecule has 0 aliphatic heterocycles. The number of phosphoric acid groups is 2. The average molecular weight is 1300 g/mol. The van der Waals surface area contributed by atoms with E-state index in [1.807, 2.05) is 0 Å². The van der Waals surface area contributed by atoms with Gasteiger partial charge in [-0.15, -0.1) is 0 Å². The fourth-order valence-corrected chi connectivity index (χ4v) is 11.9. The second kappa shape index (κ2) is 58.8. The van der Waals surface area contributed by atoms with Gasteiger partial charge in [0.2, 0.25) is 0 Å². The molecule has 522 valence electrons. The molecule has 0 spiro atoms. The van der Waals surface area contributed by atoms with Crippen LogP contribution in [0.25, 0.3) is 0 Å². The first kappa shape index (κ1) is 86.1. The number of phosphoric ester groups is 2. The van der Waals surface area contributed by atoms with Gasteiger partial charge in [-0.1, -0.05) is 287 Å². The summed E-state index contributed by atoms with van der Waals surface area (Å²) in [5.74, 6) is 0.837. The van der Waals surface area contributed by atoms with Crippen molar-refractivity contribution in [3.8, 4) is 0 Å². The molecule has 0 saturated carbocycles. The molecule has 0 saturated heterocycles. The molecule has 19 heteroatoms. The third-order valence-electron chi connectivity index (χ3n) is 16.2. The third kappa shape index (κ3) is 61.6. The van der Waals surface area contributed by atoms with Gasteiger partial charge in [-0.3, -0.25) is 37.3 Å². The van der Waals surface area contributed by atoms with Crippen molar-refractivity contribution < 1.29 is 80.2 Å². The zero-order chi connectivity index (χ0) is 65.4. The minimum Gasteiger partial charge on any atom is -0.462 e. The number of carbonyl (C=O) groups excluding carboxylic acids is 4. The van der Waals surface area contributed by atoms with Crippen LogP contribution in [0.5, 0.6) is 0 Å². The molecule has 0 aliphatic carbocycles. The Morgan fingerprint density at radius 1 is 0.318 bits per heavy atom. The van der Waals surface area contributed by atoms with Crippen molar-refractivity contribution in [3.05, 3.63) is 0 Å². The summed E-state index contributed by atoms with van der Waals surface area (Å²) in [7, 11) is -9.90. The minimum atomic E-state index is -4.95. The largest absolute Gasteiger partial charge is 0.472 e. The molecular formula is C69H134O17P2.